The quantitative estimate of drug-likeness (QED) is 0.690. The van der Waals surface area contributed by atoms with Crippen LogP contribution in [0.15, 0.2) is 0 Å². The summed E-state index contributed by atoms with van der Waals surface area (Å²) in [6.07, 6.45) is 2.03. The number of carbonyl (C=O) groups excluding carboxylic acids is 1. The molecule has 1 unspecified atom stereocenters. The summed E-state index contributed by atoms with van der Waals surface area (Å²) in [4.78, 5) is 11.1. The molecule has 0 bridgehead atoms. The molecule has 1 aliphatic heterocycles. The third-order valence-corrected chi connectivity index (χ3v) is 4.91. The van der Waals surface area contributed by atoms with E-state index in [9.17, 15) is 13.2 Å². The summed E-state index contributed by atoms with van der Waals surface area (Å²) in [7, 11) is -2.41. The van der Waals surface area contributed by atoms with Gasteiger partial charge in [0.1, 0.15) is 0 Å². The van der Waals surface area contributed by atoms with Crippen LogP contribution in [0.5, 0.6) is 0 Å². The second kappa shape index (κ2) is 6.49. The highest BCUT2D eigenvalue weighted by molar-refractivity contribution is 7.89. The first kappa shape index (κ1) is 15.4. The van der Waals surface area contributed by atoms with Crippen LogP contribution < -0.4 is 5.32 Å². The molecule has 1 rings (SSSR count). The van der Waals surface area contributed by atoms with Gasteiger partial charge in [-0.1, -0.05) is 0 Å². The lowest BCUT2D eigenvalue weighted by atomic mass is 10.2. The zero-order chi connectivity index (χ0) is 13.8. The summed E-state index contributed by atoms with van der Waals surface area (Å²) < 4.78 is 30.1. The van der Waals surface area contributed by atoms with Crippen molar-refractivity contribution in [1.82, 2.24) is 9.62 Å². The normalized spacial score (nSPS) is 20.6. The first-order valence-corrected chi connectivity index (χ1v) is 7.77. The third kappa shape index (κ3) is 4.22. The van der Waals surface area contributed by atoms with E-state index >= 15 is 0 Å². The van der Waals surface area contributed by atoms with E-state index in [1.807, 2.05) is 13.8 Å². The van der Waals surface area contributed by atoms with Crippen LogP contribution in [0.3, 0.4) is 0 Å². The molecule has 1 fully saturated rings. The molecule has 1 atom stereocenters. The van der Waals surface area contributed by atoms with Crippen LogP contribution in [-0.4, -0.2) is 56.7 Å². The molecule has 0 aromatic heterocycles. The molecule has 0 amide bonds. The van der Waals surface area contributed by atoms with E-state index in [-0.39, 0.29) is 12.1 Å². The molecule has 106 valence electrons. The van der Waals surface area contributed by atoms with Crippen molar-refractivity contribution < 1.29 is 17.9 Å². The maximum absolute atomic E-state index is 12.1. The molecule has 0 aromatic rings. The number of nitrogens with one attached hydrogen (secondary N) is 1. The molecule has 0 aromatic carbocycles. The van der Waals surface area contributed by atoms with Crippen LogP contribution in [0.1, 0.15) is 26.7 Å². The van der Waals surface area contributed by atoms with Crippen LogP contribution in [-0.2, 0) is 19.6 Å². The average molecular weight is 278 g/mol. The minimum atomic E-state index is -3.60. The van der Waals surface area contributed by atoms with Crippen molar-refractivity contribution in [2.75, 3.05) is 26.0 Å². The van der Waals surface area contributed by atoms with Crippen molar-refractivity contribution in [3.8, 4) is 0 Å². The Balaban J connectivity index is 2.73. The van der Waals surface area contributed by atoms with Crippen LogP contribution in [0, 0.1) is 0 Å². The van der Waals surface area contributed by atoms with Gasteiger partial charge in [-0.15, -0.1) is 0 Å². The summed E-state index contributed by atoms with van der Waals surface area (Å²) in [6.45, 7) is 4.96. The van der Waals surface area contributed by atoms with E-state index in [2.05, 4.69) is 10.1 Å². The number of ether oxygens (including phenoxy) is 1. The van der Waals surface area contributed by atoms with Gasteiger partial charge >= 0.3 is 5.97 Å². The lowest BCUT2D eigenvalue weighted by Gasteiger charge is -2.28. The monoisotopic (exact) mass is 278 g/mol. The van der Waals surface area contributed by atoms with Gasteiger partial charge in [0.15, 0.2) is 5.75 Å². The van der Waals surface area contributed by atoms with Crippen LogP contribution in [0.25, 0.3) is 0 Å². The Hall–Kier alpha value is -0.660. The molecule has 1 aliphatic rings. The number of carbonyl (C=O) groups is 1. The third-order valence-electron chi connectivity index (χ3n) is 3.02. The van der Waals surface area contributed by atoms with E-state index in [1.54, 1.807) is 0 Å². The average Bonchev–Trinajstić information content (AvgIpc) is 2.77. The van der Waals surface area contributed by atoms with Gasteiger partial charge in [0.05, 0.1) is 7.11 Å². The van der Waals surface area contributed by atoms with E-state index in [4.69, 9.17) is 0 Å². The number of methoxy groups -OCH3 is 1. The first-order valence-electron chi connectivity index (χ1n) is 6.16. The van der Waals surface area contributed by atoms with Gasteiger partial charge in [0.25, 0.3) is 0 Å². The molecule has 7 heteroatoms. The fraction of sp³-hybridized carbons (Fsp3) is 0.909. The number of sulfonamides is 1. The van der Waals surface area contributed by atoms with Crippen LogP contribution in [0.2, 0.25) is 0 Å². The van der Waals surface area contributed by atoms with Crippen molar-refractivity contribution in [3.05, 3.63) is 0 Å². The number of hydrogen-bond donors (Lipinski definition) is 1. The predicted molar refractivity (Wildman–Crippen MR) is 68.7 cm³/mol. The SMILES string of the molecule is COC(=O)CS(=O)(=O)N(CC1CCCN1)C(C)C. The van der Waals surface area contributed by atoms with E-state index in [1.165, 1.54) is 11.4 Å². The van der Waals surface area contributed by atoms with Gasteiger partial charge in [-0.25, -0.2) is 8.42 Å². The predicted octanol–water partition coefficient (Wildman–Crippen LogP) is -0.0484. The number of nitrogens with zero attached hydrogens (tertiary/aromatic N) is 1. The van der Waals surface area contributed by atoms with Crippen molar-refractivity contribution in [1.29, 1.82) is 0 Å². The summed E-state index contributed by atoms with van der Waals surface area (Å²) in [6, 6.07) is 0.0156. The molecule has 18 heavy (non-hydrogen) atoms. The Morgan fingerprint density at radius 3 is 2.61 bits per heavy atom. The molecular formula is C11H22N2O4S. The second-order valence-electron chi connectivity index (χ2n) is 4.79. The van der Waals surface area contributed by atoms with Gasteiger partial charge in [-0.2, -0.15) is 4.31 Å². The van der Waals surface area contributed by atoms with E-state index < -0.39 is 21.7 Å². The van der Waals surface area contributed by atoms with Crippen molar-refractivity contribution >= 4 is 16.0 Å². The maximum Gasteiger partial charge on any atom is 0.322 e. The first-order chi connectivity index (χ1) is 8.36. The smallest absolute Gasteiger partial charge is 0.322 e. The van der Waals surface area contributed by atoms with Gasteiger partial charge in [-0.05, 0) is 33.2 Å². The largest absolute Gasteiger partial charge is 0.468 e. The van der Waals surface area contributed by atoms with Crippen molar-refractivity contribution in [2.24, 2.45) is 0 Å². The van der Waals surface area contributed by atoms with Gasteiger partial charge in [-0.3, -0.25) is 4.79 Å². The van der Waals surface area contributed by atoms with Gasteiger partial charge < -0.3 is 10.1 Å². The van der Waals surface area contributed by atoms with Crippen LogP contribution >= 0.6 is 0 Å². The van der Waals surface area contributed by atoms with Crippen molar-refractivity contribution in [2.45, 2.75) is 38.8 Å². The Bertz CT molecular complexity index is 375. The molecule has 0 radical (unpaired) electrons. The van der Waals surface area contributed by atoms with Gasteiger partial charge in [0, 0.05) is 18.6 Å². The molecule has 0 saturated carbocycles. The summed E-state index contributed by atoms with van der Waals surface area (Å²) in [5, 5.41) is 3.26. The van der Waals surface area contributed by atoms with Crippen molar-refractivity contribution in [3.63, 3.8) is 0 Å². The summed E-state index contributed by atoms with van der Waals surface area (Å²) in [5.74, 6) is -1.31. The van der Waals surface area contributed by atoms with E-state index in [0.29, 0.717) is 6.54 Å². The molecule has 1 heterocycles. The molecule has 6 nitrogen and oxygen atoms in total. The lowest BCUT2D eigenvalue weighted by molar-refractivity contribution is -0.137. The fourth-order valence-corrected chi connectivity index (χ4v) is 3.70. The topological polar surface area (TPSA) is 75.7 Å². The number of esters is 1. The lowest BCUT2D eigenvalue weighted by Crippen LogP contribution is -2.46. The van der Waals surface area contributed by atoms with Gasteiger partial charge in [0.2, 0.25) is 10.0 Å². The Labute approximate surface area is 109 Å². The second-order valence-corrected chi connectivity index (χ2v) is 6.71. The zero-order valence-electron chi connectivity index (χ0n) is 11.2. The molecular weight excluding hydrogens is 256 g/mol. The highest BCUT2D eigenvalue weighted by Gasteiger charge is 2.31. The minimum Gasteiger partial charge on any atom is -0.468 e. The molecule has 0 aliphatic carbocycles. The number of rotatable bonds is 6. The highest BCUT2D eigenvalue weighted by Crippen LogP contribution is 2.13. The molecule has 1 saturated heterocycles. The summed E-state index contributed by atoms with van der Waals surface area (Å²) >= 11 is 0. The molecule has 1 N–H and O–H groups in total. The number of hydrogen-bond acceptors (Lipinski definition) is 5. The Kier molecular flexibility index (Phi) is 5.55. The Morgan fingerprint density at radius 2 is 2.17 bits per heavy atom. The molecule has 0 spiro atoms. The summed E-state index contributed by atoms with van der Waals surface area (Å²) in [5.41, 5.74) is 0. The highest BCUT2D eigenvalue weighted by atomic mass is 32.2. The standard InChI is InChI=1S/C11H22N2O4S/c1-9(2)13(7-10-5-4-6-12-10)18(15,16)8-11(14)17-3/h9-10,12H,4-8H2,1-3H3. The minimum absolute atomic E-state index is 0.165. The maximum atomic E-state index is 12.1. The fourth-order valence-electron chi connectivity index (χ4n) is 2.07. The van der Waals surface area contributed by atoms with Crippen LogP contribution in [0.4, 0.5) is 0 Å². The Morgan fingerprint density at radius 1 is 1.50 bits per heavy atom. The van der Waals surface area contributed by atoms with E-state index in [0.717, 1.165) is 19.4 Å². The zero-order valence-corrected chi connectivity index (χ0v) is 12.0.